The van der Waals surface area contributed by atoms with Gasteiger partial charge in [0.05, 0.1) is 10.1 Å². The molecule has 1 aromatic carbocycles. The quantitative estimate of drug-likeness (QED) is 0.504. The Labute approximate surface area is 168 Å². The molecule has 1 aliphatic heterocycles. The molecule has 3 heterocycles. The third-order valence-corrected chi connectivity index (χ3v) is 5.61. The molecule has 0 bridgehead atoms. The van der Waals surface area contributed by atoms with Gasteiger partial charge in [-0.15, -0.1) is 0 Å². The minimum absolute atomic E-state index is 0.138. The standard InChI is InChI=1S/C17H11F3IN3O2S/c18-17(19,20)10-2-1-3-11(6-10)23-8-22-16-24(9-23)15(25)13(27-16)7-12-4-5-14(21)26-12/h1-7H,8-9H2/b13-7-. The van der Waals surface area contributed by atoms with E-state index in [1.54, 1.807) is 29.2 Å². The lowest BCUT2D eigenvalue weighted by Crippen LogP contribution is -2.42. The summed E-state index contributed by atoms with van der Waals surface area (Å²) in [7, 11) is 0. The maximum atomic E-state index is 12.9. The van der Waals surface area contributed by atoms with Crippen LogP contribution in [0, 0.1) is 3.77 Å². The first-order valence-corrected chi connectivity index (χ1v) is 9.64. The predicted molar refractivity (Wildman–Crippen MR) is 103 cm³/mol. The summed E-state index contributed by atoms with van der Waals surface area (Å²) >= 11 is 3.26. The average Bonchev–Trinajstić information content (AvgIpc) is 3.18. The van der Waals surface area contributed by atoms with Gasteiger partial charge in [-0.05, 0) is 52.9 Å². The SMILES string of the molecule is O=c1/c(=C/c2ccc(I)o2)sc2n1CN(c1cccc(C(F)(F)F)c1)CN=2. The first-order chi connectivity index (χ1) is 12.8. The van der Waals surface area contributed by atoms with Crippen LogP contribution in [0.15, 0.2) is 50.6 Å². The van der Waals surface area contributed by atoms with Gasteiger partial charge in [0.1, 0.15) is 19.1 Å². The summed E-state index contributed by atoms with van der Waals surface area (Å²) in [5.41, 5.74) is -0.616. The Morgan fingerprint density at radius 3 is 2.78 bits per heavy atom. The lowest BCUT2D eigenvalue weighted by atomic mass is 10.2. The van der Waals surface area contributed by atoms with Gasteiger partial charge in [0.15, 0.2) is 8.57 Å². The van der Waals surface area contributed by atoms with Crippen LogP contribution in [0.25, 0.3) is 6.08 Å². The second-order valence-corrected chi connectivity index (χ2v) is 7.87. The van der Waals surface area contributed by atoms with Gasteiger partial charge in [0, 0.05) is 11.8 Å². The van der Waals surface area contributed by atoms with Gasteiger partial charge < -0.3 is 9.32 Å². The lowest BCUT2D eigenvalue weighted by molar-refractivity contribution is -0.137. The van der Waals surface area contributed by atoms with E-state index in [0.29, 0.717) is 24.5 Å². The number of aromatic nitrogens is 1. The number of anilines is 1. The normalized spacial score (nSPS) is 15.0. The van der Waals surface area contributed by atoms with Gasteiger partial charge >= 0.3 is 6.18 Å². The van der Waals surface area contributed by atoms with Crippen molar-refractivity contribution in [1.82, 2.24) is 4.57 Å². The van der Waals surface area contributed by atoms with Crippen molar-refractivity contribution in [2.45, 2.75) is 12.8 Å². The zero-order valence-electron chi connectivity index (χ0n) is 13.5. The van der Waals surface area contributed by atoms with E-state index in [9.17, 15) is 18.0 Å². The Balaban J connectivity index is 1.69. The maximum Gasteiger partial charge on any atom is 0.416 e. The summed E-state index contributed by atoms with van der Waals surface area (Å²) in [4.78, 5) is 19.2. The van der Waals surface area contributed by atoms with E-state index in [1.165, 1.54) is 22.0 Å². The second kappa shape index (κ2) is 6.82. The Bertz CT molecular complexity index is 1180. The van der Waals surface area contributed by atoms with E-state index in [2.05, 4.69) is 4.99 Å². The fraction of sp³-hybridized carbons (Fsp3) is 0.176. The first kappa shape index (κ1) is 18.3. The third kappa shape index (κ3) is 3.68. The monoisotopic (exact) mass is 505 g/mol. The minimum atomic E-state index is -4.42. The van der Waals surface area contributed by atoms with Crippen LogP contribution in [-0.4, -0.2) is 11.2 Å². The molecular formula is C17H11F3IN3O2S. The van der Waals surface area contributed by atoms with E-state index in [1.807, 2.05) is 22.6 Å². The number of furan rings is 1. The van der Waals surface area contributed by atoms with E-state index < -0.39 is 11.7 Å². The van der Waals surface area contributed by atoms with Crippen molar-refractivity contribution in [2.75, 3.05) is 11.6 Å². The fourth-order valence-electron chi connectivity index (χ4n) is 2.69. The number of rotatable bonds is 2. The molecule has 0 saturated carbocycles. The molecule has 5 nitrogen and oxygen atoms in total. The summed E-state index contributed by atoms with van der Waals surface area (Å²) in [6.07, 6.45) is -2.78. The van der Waals surface area contributed by atoms with Crippen LogP contribution in [-0.2, 0) is 12.8 Å². The highest BCUT2D eigenvalue weighted by atomic mass is 127. The number of thiazole rings is 1. The number of alkyl halides is 3. The van der Waals surface area contributed by atoms with Crippen LogP contribution in [0.4, 0.5) is 18.9 Å². The highest BCUT2D eigenvalue weighted by molar-refractivity contribution is 14.1. The van der Waals surface area contributed by atoms with Gasteiger partial charge in [-0.1, -0.05) is 17.4 Å². The van der Waals surface area contributed by atoms with Crippen molar-refractivity contribution in [2.24, 2.45) is 4.99 Å². The van der Waals surface area contributed by atoms with E-state index in [4.69, 9.17) is 4.42 Å². The fourth-order valence-corrected chi connectivity index (χ4v) is 4.07. The number of halogens is 4. The molecule has 0 unspecified atom stereocenters. The summed E-state index contributed by atoms with van der Waals surface area (Å²) in [6.45, 7) is 0.318. The predicted octanol–water partition coefficient (Wildman–Crippen LogP) is 3.01. The first-order valence-electron chi connectivity index (χ1n) is 7.75. The van der Waals surface area contributed by atoms with Gasteiger partial charge in [0.25, 0.3) is 5.56 Å². The van der Waals surface area contributed by atoms with E-state index in [0.717, 1.165) is 12.1 Å². The van der Waals surface area contributed by atoms with Crippen LogP contribution in [0.3, 0.4) is 0 Å². The highest BCUT2D eigenvalue weighted by Gasteiger charge is 2.31. The number of hydrogen-bond acceptors (Lipinski definition) is 5. The molecule has 140 valence electrons. The molecule has 0 spiro atoms. The van der Waals surface area contributed by atoms with Gasteiger partial charge in [-0.25, -0.2) is 4.99 Å². The number of nitrogens with zero attached hydrogens (tertiary/aromatic N) is 3. The van der Waals surface area contributed by atoms with Crippen molar-refractivity contribution in [3.8, 4) is 0 Å². The molecule has 0 radical (unpaired) electrons. The smallest absolute Gasteiger partial charge is 0.416 e. The average molecular weight is 505 g/mol. The lowest BCUT2D eigenvalue weighted by Gasteiger charge is -2.26. The van der Waals surface area contributed by atoms with E-state index in [-0.39, 0.29) is 18.9 Å². The Hall–Kier alpha value is -2.08. The van der Waals surface area contributed by atoms with Crippen LogP contribution in [0.1, 0.15) is 11.3 Å². The van der Waals surface area contributed by atoms with Crippen LogP contribution in [0.5, 0.6) is 0 Å². The molecule has 2 aromatic heterocycles. The van der Waals surface area contributed by atoms with Crippen molar-refractivity contribution < 1.29 is 17.6 Å². The summed E-state index contributed by atoms with van der Waals surface area (Å²) in [5, 5.41) is 0. The molecule has 4 rings (SSSR count). The third-order valence-electron chi connectivity index (χ3n) is 3.98. The zero-order valence-corrected chi connectivity index (χ0v) is 16.5. The molecular weight excluding hydrogens is 494 g/mol. The topological polar surface area (TPSA) is 50.7 Å². The van der Waals surface area contributed by atoms with Crippen LogP contribution in [0.2, 0.25) is 0 Å². The molecule has 27 heavy (non-hydrogen) atoms. The number of fused-ring (bicyclic) bond motifs is 1. The van der Waals surface area contributed by atoms with Crippen molar-refractivity contribution in [1.29, 1.82) is 0 Å². The second-order valence-electron chi connectivity index (χ2n) is 5.80. The Morgan fingerprint density at radius 1 is 1.26 bits per heavy atom. The molecule has 0 atom stereocenters. The Morgan fingerprint density at radius 2 is 2.07 bits per heavy atom. The van der Waals surface area contributed by atoms with Gasteiger partial charge in [-0.3, -0.25) is 9.36 Å². The largest absolute Gasteiger partial charge is 0.451 e. The summed E-state index contributed by atoms with van der Waals surface area (Å²) in [5.74, 6) is 0.561. The molecule has 0 N–H and O–H groups in total. The number of hydrogen-bond donors (Lipinski definition) is 0. The zero-order chi connectivity index (χ0) is 19.2. The molecule has 10 heteroatoms. The molecule has 0 aliphatic carbocycles. The van der Waals surface area contributed by atoms with Crippen LogP contribution < -0.4 is 19.8 Å². The molecule has 1 aliphatic rings. The minimum Gasteiger partial charge on any atom is -0.451 e. The highest BCUT2D eigenvalue weighted by Crippen LogP contribution is 2.31. The Kier molecular flexibility index (Phi) is 4.62. The van der Waals surface area contributed by atoms with E-state index >= 15 is 0 Å². The van der Waals surface area contributed by atoms with Gasteiger partial charge in [-0.2, -0.15) is 13.2 Å². The molecule has 0 fully saturated rings. The van der Waals surface area contributed by atoms with Crippen molar-refractivity contribution in [3.63, 3.8) is 0 Å². The summed E-state index contributed by atoms with van der Waals surface area (Å²) < 4.78 is 46.9. The molecule has 0 amide bonds. The number of benzene rings is 1. The van der Waals surface area contributed by atoms with Gasteiger partial charge in [0.2, 0.25) is 0 Å². The summed E-state index contributed by atoms with van der Waals surface area (Å²) in [6, 6.07) is 8.56. The van der Waals surface area contributed by atoms with Crippen molar-refractivity contribution in [3.05, 3.63) is 71.2 Å². The molecule has 0 saturated heterocycles. The molecule has 3 aromatic rings. The van der Waals surface area contributed by atoms with Crippen molar-refractivity contribution >= 4 is 45.7 Å². The van der Waals surface area contributed by atoms with Crippen LogP contribution >= 0.6 is 33.9 Å². The maximum absolute atomic E-state index is 12.9.